The van der Waals surface area contributed by atoms with Gasteiger partial charge in [-0.1, -0.05) is 6.07 Å². The van der Waals surface area contributed by atoms with Crippen molar-refractivity contribution in [1.29, 1.82) is 0 Å². The molecular formula is C19H21N5O3. The van der Waals surface area contributed by atoms with Gasteiger partial charge in [0.25, 0.3) is 5.91 Å². The molecule has 27 heavy (non-hydrogen) atoms. The summed E-state index contributed by atoms with van der Waals surface area (Å²) in [7, 11) is 1.59. The van der Waals surface area contributed by atoms with Gasteiger partial charge in [0.15, 0.2) is 12.4 Å². The fourth-order valence-electron chi connectivity index (χ4n) is 2.42. The normalized spacial score (nSPS) is 10.5. The molecule has 0 spiro atoms. The van der Waals surface area contributed by atoms with Crippen molar-refractivity contribution in [2.75, 3.05) is 13.7 Å². The van der Waals surface area contributed by atoms with E-state index in [1.54, 1.807) is 36.1 Å². The highest BCUT2D eigenvalue weighted by molar-refractivity contribution is 5.77. The molecule has 3 rings (SSSR count). The highest BCUT2D eigenvalue weighted by Crippen LogP contribution is 2.17. The summed E-state index contributed by atoms with van der Waals surface area (Å²) in [5.74, 6) is 1.59. The fourth-order valence-corrected chi connectivity index (χ4v) is 2.42. The minimum atomic E-state index is -0.263. The molecule has 1 N–H and O–H groups in total. The van der Waals surface area contributed by atoms with Crippen LogP contribution < -0.4 is 14.8 Å². The Morgan fingerprint density at radius 3 is 2.52 bits per heavy atom. The number of carbonyl (C=O) groups is 1. The number of tetrazole rings is 1. The zero-order valence-electron chi connectivity index (χ0n) is 15.5. The van der Waals surface area contributed by atoms with Crippen LogP contribution in [0.15, 0.2) is 42.5 Å². The Balaban J connectivity index is 1.56. The minimum Gasteiger partial charge on any atom is -0.497 e. The largest absolute Gasteiger partial charge is 0.497 e. The maximum absolute atomic E-state index is 12.0. The van der Waals surface area contributed by atoms with Crippen LogP contribution in [0, 0.1) is 13.8 Å². The molecule has 0 saturated carbocycles. The molecule has 1 amide bonds. The van der Waals surface area contributed by atoms with Gasteiger partial charge in [0.2, 0.25) is 0 Å². The lowest BCUT2D eigenvalue weighted by atomic mass is 10.1. The number of ether oxygens (including phenoxy) is 2. The van der Waals surface area contributed by atoms with E-state index in [0.717, 1.165) is 17.0 Å². The molecule has 140 valence electrons. The van der Waals surface area contributed by atoms with Gasteiger partial charge in [-0.05, 0) is 71.8 Å². The molecule has 0 bridgehead atoms. The Bertz CT molecular complexity index is 921. The van der Waals surface area contributed by atoms with E-state index in [4.69, 9.17) is 9.47 Å². The number of aromatic nitrogens is 4. The molecule has 0 fully saturated rings. The maximum Gasteiger partial charge on any atom is 0.258 e. The van der Waals surface area contributed by atoms with Crippen LogP contribution in [0.2, 0.25) is 0 Å². The quantitative estimate of drug-likeness (QED) is 0.687. The van der Waals surface area contributed by atoms with Crippen LogP contribution in [0.25, 0.3) is 5.69 Å². The van der Waals surface area contributed by atoms with Crippen LogP contribution in [0.3, 0.4) is 0 Å². The molecule has 0 aliphatic heterocycles. The maximum atomic E-state index is 12.0. The van der Waals surface area contributed by atoms with E-state index in [1.807, 2.05) is 32.0 Å². The molecule has 0 unspecified atom stereocenters. The second kappa shape index (κ2) is 8.31. The molecule has 0 saturated heterocycles. The third-order valence-corrected chi connectivity index (χ3v) is 4.14. The van der Waals surface area contributed by atoms with Crippen molar-refractivity contribution in [3.05, 3.63) is 59.4 Å². The SMILES string of the molecule is COc1ccc(OCC(=O)NCc2nnnn2-c2ccc(C)c(C)c2)cc1. The average Bonchev–Trinajstić information content (AvgIpc) is 3.16. The first-order valence-corrected chi connectivity index (χ1v) is 8.45. The number of nitrogens with zero attached hydrogens (tertiary/aromatic N) is 4. The van der Waals surface area contributed by atoms with E-state index in [0.29, 0.717) is 11.6 Å². The fraction of sp³-hybridized carbons (Fsp3) is 0.263. The predicted octanol–water partition coefficient (Wildman–Crippen LogP) is 1.98. The van der Waals surface area contributed by atoms with Gasteiger partial charge in [0.05, 0.1) is 19.3 Å². The van der Waals surface area contributed by atoms with Gasteiger partial charge < -0.3 is 14.8 Å². The van der Waals surface area contributed by atoms with Crippen LogP contribution in [0.1, 0.15) is 17.0 Å². The van der Waals surface area contributed by atoms with Gasteiger partial charge in [-0.2, -0.15) is 4.68 Å². The molecule has 3 aromatic rings. The molecule has 0 aliphatic rings. The number of amides is 1. The second-order valence-electron chi connectivity index (χ2n) is 6.02. The van der Waals surface area contributed by atoms with Crippen molar-refractivity contribution in [2.24, 2.45) is 0 Å². The van der Waals surface area contributed by atoms with Crippen molar-refractivity contribution in [1.82, 2.24) is 25.5 Å². The van der Waals surface area contributed by atoms with E-state index in [9.17, 15) is 4.79 Å². The van der Waals surface area contributed by atoms with Gasteiger partial charge in [-0.15, -0.1) is 5.10 Å². The van der Waals surface area contributed by atoms with E-state index in [-0.39, 0.29) is 19.1 Å². The van der Waals surface area contributed by atoms with Crippen LogP contribution in [-0.4, -0.2) is 39.8 Å². The standard InChI is InChI=1S/C19H21N5O3/c1-13-4-5-15(10-14(13)2)24-18(21-22-23-24)11-20-19(25)12-27-17-8-6-16(26-3)7-9-17/h4-10H,11-12H2,1-3H3,(H,20,25). The van der Waals surface area contributed by atoms with Gasteiger partial charge in [-0.25, -0.2) is 0 Å². The summed E-state index contributed by atoms with van der Waals surface area (Å²) in [6, 6.07) is 13.0. The van der Waals surface area contributed by atoms with E-state index in [1.165, 1.54) is 5.56 Å². The number of hydrogen-bond acceptors (Lipinski definition) is 6. The average molecular weight is 367 g/mol. The number of methoxy groups -OCH3 is 1. The van der Waals surface area contributed by atoms with Crippen molar-refractivity contribution in [3.63, 3.8) is 0 Å². The van der Waals surface area contributed by atoms with Crippen LogP contribution in [0.5, 0.6) is 11.5 Å². The lowest BCUT2D eigenvalue weighted by Crippen LogP contribution is -2.29. The van der Waals surface area contributed by atoms with Crippen molar-refractivity contribution >= 4 is 5.91 Å². The number of aryl methyl sites for hydroxylation is 2. The Labute approximate surface area is 157 Å². The van der Waals surface area contributed by atoms with Crippen LogP contribution in [-0.2, 0) is 11.3 Å². The number of carbonyl (C=O) groups excluding carboxylic acids is 1. The van der Waals surface area contributed by atoms with Crippen molar-refractivity contribution < 1.29 is 14.3 Å². The Morgan fingerprint density at radius 2 is 1.81 bits per heavy atom. The number of nitrogens with one attached hydrogen (secondary N) is 1. The molecule has 0 aliphatic carbocycles. The van der Waals surface area contributed by atoms with Crippen molar-refractivity contribution in [2.45, 2.75) is 20.4 Å². The first kappa shape index (κ1) is 18.4. The molecule has 0 atom stereocenters. The minimum absolute atomic E-state index is 0.0997. The summed E-state index contributed by atoms with van der Waals surface area (Å²) in [4.78, 5) is 12.0. The first-order chi connectivity index (χ1) is 13.1. The third kappa shape index (κ3) is 4.60. The number of hydrogen-bond donors (Lipinski definition) is 1. The summed E-state index contributed by atoms with van der Waals surface area (Å²) in [6.07, 6.45) is 0. The Morgan fingerprint density at radius 1 is 1.07 bits per heavy atom. The number of rotatable bonds is 7. The van der Waals surface area contributed by atoms with E-state index in [2.05, 4.69) is 20.8 Å². The number of benzene rings is 2. The molecule has 0 radical (unpaired) electrons. The van der Waals surface area contributed by atoms with Gasteiger partial charge >= 0.3 is 0 Å². The highest BCUT2D eigenvalue weighted by atomic mass is 16.5. The van der Waals surface area contributed by atoms with Crippen LogP contribution >= 0.6 is 0 Å². The Kier molecular flexibility index (Phi) is 5.65. The van der Waals surface area contributed by atoms with Crippen molar-refractivity contribution in [3.8, 4) is 17.2 Å². The lowest BCUT2D eigenvalue weighted by Gasteiger charge is -2.09. The van der Waals surface area contributed by atoms with Crippen LogP contribution in [0.4, 0.5) is 0 Å². The zero-order chi connectivity index (χ0) is 19.2. The molecule has 8 heteroatoms. The Hall–Kier alpha value is -3.42. The molecular weight excluding hydrogens is 346 g/mol. The molecule has 1 heterocycles. The summed E-state index contributed by atoms with van der Waals surface area (Å²) in [5.41, 5.74) is 3.19. The monoisotopic (exact) mass is 367 g/mol. The smallest absolute Gasteiger partial charge is 0.258 e. The van der Waals surface area contributed by atoms with E-state index >= 15 is 0 Å². The molecule has 2 aromatic carbocycles. The summed E-state index contributed by atoms with van der Waals surface area (Å²) >= 11 is 0. The zero-order valence-corrected chi connectivity index (χ0v) is 15.5. The van der Waals surface area contributed by atoms with Gasteiger partial charge in [0, 0.05) is 0 Å². The van der Waals surface area contributed by atoms with E-state index < -0.39 is 0 Å². The lowest BCUT2D eigenvalue weighted by molar-refractivity contribution is -0.123. The van der Waals surface area contributed by atoms with Gasteiger partial charge in [-0.3, -0.25) is 4.79 Å². The topological polar surface area (TPSA) is 91.2 Å². The molecule has 1 aromatic heterocycles. The molecule has 8 nitrogen and oxygen atoms in total. The summed E-state index contributed by atoms with van der Waals surface area (Å²) in [5, 5.41) is 14.5. The summed E-state index contributed by atoms with van der Waals surface area (Å²) in [6.45, 7) is 4.17. The summed E-state index contributed by atoms with van der Waals surface area (Å²) < 4.78 is 12.1. The first-order valence-electron chi connectivity index (χ1n) is 8.45. The predicted molar refractivity (Wildman–Crippen MR) is 99.0 cm³/mol. The second-order valence-corrected chi connectivity index (χ2v) is 6.02. The highest BCUT2D eigenvalue weighted by Gasteiger charge is 2.11. The third-order valence-electron chi connectivity index (χ3n) is 4.14. The van der Waals surface area contributed by atoms with Gasteiger partial charge in [0.1, 0.15) is 11.5 Å².